The standard InChI is InChI=1S/C17H20N2O3/c1-21-10-11-22-14-7-9-19(12-14)17(20)16-15-5-3-2-4-13(15)6-8-18-16/h2-6,8,14H,7,9-12H2,1H3/t14-/m0/s1. The van der Waals surface area contributed by atoms with E-state index in [1.165, 1.54) is 0 Å². The second-order valence-electron chi connectivity index (χ2n) is 5.41. The average molecular weight is 300 g/mol. The molecule has 0 aliphatic carbocycles. The summed E-state index contributed by atoms with van der Waals surface area (Å²) in [5.41, 5.74) is 0.524. The molecule has 1 aromatic carbocycles. The Morgan fingerprint density at radius 1 is 1.32 bits per heavy atom. The van der Waals surface area contributed by atoms with Gasteiger partial charge in [-0.15, -0.1) is 0 Å². The first-order chi connectivity index (χ1) is 10.8. The van der Waals surface area contributed by atoms with Crippen LogP contribution in [0.1, 0.15) is 16.9 Å². The van der Waals surface area contributed by atoms with Gasteiger partial charge in [-0.05, 0) is 17.9 Å². The van der Waals surface area contributed by atoms with Gasteiger partial charge in [0, 0.05) is 31.8 Å². The predicted octanol–water partition coefficient (Wildman–Crippen LogP) is 2.11. The van der Waals surface area contributed by atoms with Crippen molar-refractivity contribution < 1.29 is 14.3 Å². The predicted molar refractivity (Wildman–Crippen MR) is 83.9 cm³/mol. The zero-order valence-electron chi connectivity index (χ0n) is 12.7. The number of rotatable bonds is 5. The van der Waals surface area contributed by atoms with Crippen LogP contribution >= 0.6 is 0 Å². The van der Waals surface area contributed by atoms with Crippen molar-refractivity contribution in [2.75, 3.05) is 33.4 Å². The molecule has 2 aromatic rings. The molecule has 0 saturated carbocycles. The Labute approximate surface area is 129 Å². The van der Waals surface area contributed by atoms with Gasteiger partial charge in [-0.3, -0.25) is 9.78 Å². The average Bonchev–Trinajstić information content (AvgIpc) is 3.03. The van der Waals surface area contributed by atoms with E-state index in [1.807, 2.05) is 35.2 Å². The fraction of sp³-hybridized carbons (Fsp3) is 0.412. The lowest BCUT2D eigenvalue weighted by Gasteiger charge is -2.17. The fourth-order valence-electron chi connectivity index (χ4n) is 2.79. The highest BCUT2D eigenvalue weighted by atomic mass is 16.5. The third-order valence-electron chi connectivity index (χ3n) is 3.95. The largest absolute Gasteiger partial charge is 0.382 e. The number of ether oxygens (including phenoxy) is 2. The van der Waals surface area contributed by atoms with Crippen LogP contribution in [0.2, 0.25) is 0 Å². The zero-order valence-corrected chi connectivity index (χ0v) is 12.7. The van der Waals surface area contributed by atoms with Crippen LogP contribution in [0.5, 0.6) is 0 Å². The van der Waals surface area contributed by atoms with Crippen LogP contribution in [-0.4, -0.2) is 55.3 Å². The second kappa shape index (κ2) is 6.85. The van der Waals surface area contributed by atoms with Gasteiger partial charge in [-0.1, -0.05) is 24.3 Å². The van der Waals surface area contributed by atoms with E-state index in [-0.39, 0.29) is 12.0 Å². The summed E-state index contributed by atoms with van der Waals surface area (Å²) in [7, 11) is 1.65. The number of fused-ring (bicyclic) bond motifs is 1. The molecule has 2 heterocycles. The molecule has 0 unspecified atom stereocenters. The highest BCUT2D eigenvalue weighted by Gasteiger charge is 2.28. The SMILES string of the molecule is COCCO[C@H]1CCN(C(=O)c2nccc3ccccc23)C1. The molecule has 0 spiro atoms. The molecule has 1 aliphatic rings. The van der Waals surface area contributed by atoms with Crippen molar-refractivity contribution in [2.45, 2.75) is 12.5 Å². The quantitative estimate of drug-likeness (QED) is 0.794. The lowest BCUT2D eigenvalue weighted by molar-refractivity contribution is 0.0218. The normalized spacial score (nSPS) is 18.0. The molecule has 0 radical (unpaired) electrons. The van der Waals surface area contributed by atoms with Gasteiger partial charge in [0.15, 0.2) is 0 Å². The maximum Gasteiger partial charge on any atom is 0.273 e. The van der Waals surface area contributed by atoms with Crippen LogP contribution in [0.3, 0.4) is 0 Å². The number of hydrogen-bond donors (Lipinski definition) is 0. The van der Waals surface area contributed by atoms with E-state index in [4.69, 9.17) is 9.47 Å². The van der Waals surface area contributed by atoms with Crippen molar-refractivity contribution in [1.29, 1.82) is 0 Å². The highest BCUT2D eigenvalue weighted by molar-refractivity contribution is 6.05. The van der Waals surface area contributed by atoms with E-state index in [0.717, 1.165) is 17.2 Å². The summed E-state index contributed by atoms with van der Waals surface area (Å²) in [6, 6.07) is 9.76. The van der Waals surface area contributed by atoms with E-state index < -0.39 is 0 Å². The number of amides is 1. The number of pyridine rings is 1. The minimum atomic E-state index is -0.0189. The van der Waals surface area contributed by atoms with E-state index in [1.54, 1.807) is 13.3 Å². The monoisotopic (exact) mass is 300 g/mol. The third kappa shape index (κ3) is 3.10. The molecule has 5 heteroatoms. The molecule has 5 nitrogen and oxygen atoms in total. The number of carbonyl (C=O) groups is 1. The first kappa shape index (κ1) is 14.9. The molecular weight excluding hydrogens is 280 g/mol. The van der Waals surface area contributed by atoms with Crippen LogP contribution in [0, 0.1) is 0 Å². The van der Waals surface area contributed by atoms with Crippen LogP contribution < -0.4 is 0 Å². The van der Waals surface area contributed by atoms with Gasteiger partial charge in [-0.2, -0.15) is 0 Å². The fourth-order valence-corrected chi connectivity index (χ4v) is 2.79. The zero-order chi connectivity index (χ0) is 15.4. The van der Waals surface area contributed by atoms with Gasteiger partial charge in [0.1, 0.15) is 5.69 Å². The van der Waals surface area contributed by atoms with Gasteiger partial charge >= 0.3 is 0 Å². The summed E-state index contributed by atoms with van der Waals surface area (Å²) >= 11 is 0. The second-order valence-corrected chi connectivity index (χ2v) is 5.41. The van der Waals surface area contributed by atoms with Crippen LogP contribution in [-0.2, 0) is 9.47 Å². The minimum Gasteiger partial charge on any atom is -0.382 e. The van der Waals surface area contributed by atoms with Crippen molar-refractivity contribution in [3.8, 4) is 0 Å². The number of benzene rings is 1. The number of nitrogens with zero attached hydrogens (tertiary/aromatic N) is 2. The molecule has 1 saturated heterocycles. The molecule has 1 aromatic heterocycles. The van der Waals surface area contributed by atoms with E-state index in [0.29, 0.717) is 32.0 Å². The van der Waals surface area contributed by atoms with Crippen molar-refractivity contribution in [3.05, 3.63) is 42.2 Å². The molecule has 0 N–H and O–H groups in total. The number of methoxy groups -OCH3 is 1. The molecule has 1 atom stereocenters. The molecular formula is C17H20N2O3. The number of aromatic nitrogens is 1. The molecule has 1 amide bonds. The lowest BCUT2D eigenvalue weighted by Crippen LogP contribution is -2.31. The number of hydrogen-bond acceptors (Lipinski definition) is 4. The Hall–Kier alpha value is -1.98. The maximum atomic E-state index is 12.7. The molecule has 1 fully saturated rings. The molecule has 1 aliphatic heterocycles. The summed E-state index contributed by atoms with van der Waals surface area (Å²) in [5, 5.41) is 1.94. The van der Waals surface area contributed by atoms with Crippen LogP contribution in [0.15, 0.2) is 36.5 Å². The topological polar surface area (TPSA) is 51.7 Å². The van der Waals surface area contributed by atoms with Crippen LogP contribution in [0.25, 0.3) is 10.8 Å². The van der Waals surface area contributed by atoms with E-state index >= 15 is 0 Å². The number of likely N-dealkylation sites (tertiary alicyclic amines) is 1. The first-order valence-corrected chi connectivity index (χ1v) is 7.53. The summed E-state index contributed by atoms with van der Waals surface area (Å²) in [5.74, 6) is -0.0189. The van der Waals surface area contributed by atoms with Crippen LogP contribution in [0.4, 0.5) is 0 Å². The lowest BCUT2D eigenvalue weighted by atomic mass is 10.1. The molecule has 22 heavy (non-hydrogen) atoms. The Morgan fingerprint density at radius 3 is 3.05 bits per heavy atom. The highest BCUT2D eigenvalue weighted by Crippen LogP contribution is 2.21. The summed E-state index contributed by atoms with van der Waals surface area (Å²) in [4.78, 5) is 18.8. The van der Waals surface area contributed by atoms with E-state index in [9.17, 15) is 4.79 Å². The molecule has 116 valence electrons. The van der Waals surface area contributed by atoms with Crippen molar-refractivity contribution in [2.24, 2.45) is 0 Å². The summed E-state index contributed by atoms with van der Waals surface area (Å²) < 4.78 is 10.7. The van der Waals surface area contributed by atoms with Gasteiger partial charge in [0.25, 0.3) is 5.91 Å². The Kier molecular flexibility index (Phi) is 4.65. The van der Waals surface area contributed by atoms with E-state index in [2.05, 4.69) is 4.98 Å². The Morgan fingerprint density at radius 2 is 2.18 bits per heavy atom. The first-order valence-electron chi connectivity index (χ1n) is 7.53. The third-order valence-corrected chi connectivity index (χ3v) is 3.95. The van der Waals surface area contributed by atoms with Gasteiger partial charge in [0.05, 0.1) is 19.3 Å². The molecule has 0 bridgehead atoms. The Bertz CT molecular complexity index is 654. The maximum absolute atomic E-state index is 12.7. The van der Waals surface area contributed by atoms with Crippen molar-refractivity contribution in [3.63, 3.8) is 0 Å². The number of carbonyl (C=O) groups excluding carboxylic acids is 1. The smallest absolute Gasteiger partial charge is 0.273 e. The van der Waals surface area contributed by atoms with Gasteiger partial charge < -0.3 is 14.4 Å². The Balaban J connectivity index is 1.71. The van der Waals surface area contributed by atoms with Gasteiger partial charge in [0.2, 0.25) is 0 Å². The van der Waals surface area contributed by atoms with Crippen molar-refractivity contribution >= 4 is 16.7 Å². The molecule has 3 rings (SSSR count). The van der Waals surface area contributed by atoms with Gasteiger partial charge in [-0.25, -0.2) is 0 Å². The summed E-state index contributed by atoms with van der Waals surface area (Å²) in [6.07, 6.45) is 2.65. The van der Waals surface area contributed by atoms with Crippen molar-refractivity contribution in [1.82, 2.24) is 9.88 Å². The summed E-state index contributed by atoms with van der Waals surface area (Å²) in [6.45, 7) is 2.47. The minimum absolute atomic E-state index is 0.0189.